The molecule has 0 aliphatic carbocycles. The van der Waals surface area contributed by atoms with Gasteiger partial charge in [0, 0.05) is 23.0 Å². The third-order valence-electron chi connectivity index (χ3n) is 3.09. The van der Waals surface area contributed by atoms with Gasteiger partial charge in [0.25, 0.3) is 0 Å². The minimum Gasteiger partial charge on any atom is -0.265 e. The van der Waals surface area contributed by atoms with Crippen LogP contribution < -0.4 is 0 Å². The van der Waals surface area contributed by atoms with Crippen LogP contribution in [0.1, 0.15) is 39.5 Å². The molecule has 0 saturated carbocycles. The summed E-state index contributed by atoms with van der Waals surface area (Å²) in [5.41, 5.74) is 0.403. The third-order valence-corrected chi connectivity index (χ3v) is 5.12. The smallest absolute Gasteiger partial charge is 0.0278 e. The Morgan fingerprint density at radius 2 is 1.76 bits per heavy atom. The maximum absolute atomic E-state index is 4.59. The van der Waals surface area contributed by atoms with Crippen molar-refractivity contribution in [2.75, 3.05) is 11.5 Å². The highest BCUT2D eigenvalue weighted by atomic mass is 32.2. The van der Waals surface area contributed by atoms with Crippen molar-refractivity contribution in [2.24, 2.45) is 5.41 Å². The molecule has 0 aliphatic rings. The van der Waals surface area contributed by atoms with E-state index in [9.17, 15) is 0 Å². The molecule has 0 bridgehead atoms. The van der Waals surface area contributed by atoms with E-state index in [2.05, 4.69) is 43.6 Å². The van der Waals surface area contributed by atoms with Crippen LogP contribution in [0.25, 0.3) is 0 Å². The van der Waals surface area contributed by atoms with Gasteiger partial charge in [0.05, 0.1) is 0 Å². The van der Waals surface area contributed by atoms with Crippen LogP contribution in [0.2, 0.25) is 0 Å². The zero-order valence-corrected chi connectivity index (χ0v) is 12.6. The molecule has 0 unspecified atom stereocenters. The van der Waals surface area contributed by atoms with Crippen molar-refractivity contribution in [3.63, 3.8) is 0 Å². The highest BCUT2D eigenvalue weighted by Crippen LogP contribution is 2.37. The fraction of sp³-hybridized carbons (Fsp3) is 0.643. The van der Waals surface area contributed by atoms with Gasteiger partial charge in [-0.3, -0.25) is 4.98 Å². The van der Waals surface area contributed by atoms with Crippen LogP contribution >= 0.6 is 24.4 Å². The predicted octanol–water partition coefficient (Wildman–Crippen LogP) is 4.69. The Morgan fingerprint density at radius 3 is 2.24 bits per heavy atom. The number of aromatic nitrogens is 1. The summed E-state index contributed by atoms with van der Waals surface area (Å²) in [5, 5.41) is 0. The molecule has 0 N–H and O–H groups in total. The SMILES string of the molecule is CCCC(CS)(CCC)CSc1ccncc1. The van der Waals surface area contributed by atoms with Gasteiger partial charge in [0.15, 0.2) is 0 Å². The summed E-state index contributed by atoms with van der Waals surface area (Å²) < 4.78 is 0. The van der Waals surface area contributed by atoms with Crippen molar-refractivity contribution in [3.8, 4) is 0 Å². The Balaban J connectivity index is 2.59. The highest BCUT2D eigenvalue weighted by molar-refractivity contribution is 7.99. The number of pyridine rings is 1. The molecule has 0 amide bonds. The van der Waals surface area contributed by atoms with Gasteiger partial charge < -0.3 is 0 Å². The average Bonchev–Trinajstić information content (AvgIpc) is 2.38. The van der Waals surface area contributed by atoms with Crippen molar-refractivity contribution in [2.45, 2.75) is 44.4 Å². The van der Waals surface area contributed by atoms with Gasteiger partial charge in [-0.25, -0.2) is 0 Å². The number of thiol groups is 1. The Bertz CT molecular complexity index is 294. The monoisotopic (exact) mass is 269 g/mol. The molecule has 1 nitrogen and oxygen atoms in total. The van der Waals surface area contributed by atoms with Crippen molar-refractivity contribution >= 4 is 24.4 Å². The van der Waals surface area contributed by atoms with Crippen molar-refractivity contribution in [3.05, 3.63) is 24.5 Å². The van der Waals surface area contributed by atoms with Gasteiger partial charge in [-0.2, -0.15) is 12.6 Å². The summed E-state index contributed by atoms with van der Waals surface area (Å²) in [4.78, 5) is 5.37. The minimum absolute atomic E-state index is 0.403. The third kappa shape index (κ3) is 4.92. The molecule has 1 aromatic heterocycles. The number of thioether (sulfide) groups is 1. The lowest BCUT2D eigenvalue weighted by atomic mass is 9.83. The van der Waals surface area contributed by atoms with Gasteiger partial charge in [0.2, 0.25) is 0 Å². The second-order valence-corrected chi connectivity index (χ2v) is 5.99. The van der Waals surface area contributed by atoms with Gasteiger partial charge in [-0.05, 0) is 36.1 Å². The lowest BCUT2D eigenvalue weighted by Gasteiger charge is -2.31. The second-order valence-electron chi connectivity index (χ2n) is 4.63. The van der Waals surface area contributed by atoms with Gasteiger partial charge in [-0.1, -0.05) is 26.7 Å². The molecular formula is C14H23NS2. The van der Waals surface area contributed by atoms with E-state index >= 15 is 0 Å². The average molecular weight is 269 g/mol. The molecule has 1 rings (SSSR count). The number of hydrogen-bond donors (Lipinski definition) is 1. The first-order valence-corrected chi connectivity index (χ1v) is 8.02. The van der Waals surface area contributed by atoms with E-state index in [1.165, 1.54) is 36.3 Å². The molecule has 0 aromatic carbocycles. The molecule has 17 heavy (non-hydrogen) atoms. The van der Waals surface area contributed by atoms with E-state index in [-0.39, 0.29) is 0 Å². The first kappa shape index (κ1) is 14.9. The first-order valence-electron chi connectivity index (χ1n) is 6.40. The van der Waals surface area contributed by atoms with E-state index in [4.69, 9.17) is 0 Å². The Morgan fingerprint density at radius 1 is 1.18 bits per heavy atom. The van der Waals surface area contributed by atoms with E-state index in [1.807, 2.05) is 24.2 Å². The number of hydrogen-bond acceptors (Lipinski definition) is 3. The van der Waals surface area contributed by atoms with Crippen LogP contribution in [0, 0.1) is 5.41 Å². The van der Waals surface area contributed by atoms with E-state index in [0.29, 0.717) is 5.41 Å². The zero-order valence-electron chi connectivity index (χ0n) is 10.9. The Hall–Kier alpha value is -0.150. The molecule has 1 aromatic rings. The van der Waals surface area contributed by atoms with Crippen molar-refractivity contribution in [1.29, 1.82) is 0 Å². The van der Waals surface area contributed by atoms with Crippen LogP contribution in [0.4, 0.5) is 0 Å². The van der Waals surface area contributed by atoms with Crippen LogP contribution in [0.3, 0.4) is 0 Å². The fourth-order valence-electron chi connectivity index (χ4n) is 2.20. The molecule has 0 spiro atoms. The summed E-state index contributed by atoms with van der Waals surface area (Å²) >= 11 is 6.53. The summed E-state index contributed by atoms with van der Waals surface area (Å²) in [6.07, 6.45) is 8.79. The van der Waals surface area contributed by atoms with Crippen LogP contribution in [0.5, 0.6) is 0 Å². The highest BCUT2D eigenvalue weighted by Gasteiger charge is 2.26. The Kier molecular flexibility index (Phi) is 7.05. The minimum atomic E-state index is 0.403. The first-order chi connectivity index (χ1) is 8.26. The fourth-order valence-corrected chi connectivity index (χ4v) is 3.96. The van der Waals surface area contributed by atoms with Gasteiger partial charge >= 0.3 is 0 Å². The van der Waals surface area contributed by atoms with Crippen LogP contribution in [-0.4, -0.2) is 16.5 Å². The molecule has 1 heterocycles. The molecule has 96 valence electrons. The zero-order chi connectivity index (χ0) is 12.6. The molecular weight excluding hydrogens is 246 g/mol. The van der Waals surface area contributed by atoms with E-state index in [0.717, 1.165) is 5.75 Å². The quantitative estimate of drug-likeness (QED) is 0.543. The topological polar surface area (TPSA) is 12.9 Å². The summed E-state index contributed by atoms with van der Waals surface area (Å²) in [5.74, 6) is 2.16. The summed E-state index contributed by atoms with van der Waals surface area (Å²) in [6.45, 7) is 4.54. The molecule has 0 fully saturated rings. The normalized spacial score (nSPS) is 11.7. The molecule has 3 heteroatoms. The number of nitrogens with zero attached hydrogens (tertiary/aromatic N) is 1. The van der Waals surface area contributed by atoms with Crippen LogP contribution in [-0.2, 0) is 0 Å². The van der Waals surface area contributed by atoms with Gasteiger partial charge in [-0.15, -0.1) is 11.8 Å². The van der Waals surface area contributed by atoms with Crippen molar-refractivity contribution in [1.82, 2.24) is 4.98 Å². The molecule has 0 radical (unpaired) electrons. The lowest BCUT2D eigenvalue weighted by Crippen LogP contribution is -2.25. The maximum Gasteiger partial charge on any atom is 0.0278 e. The molecule has 0 aliphatic heterocycles. The number of rotatable bonds is 8. The lowest BCUT2D eigenvalue weighted by molar-refractivity contribution is 0.318. The predicted molar refractivity (Wildman–Crippen MR) is 81.1 cm³/mol. The maximum atomic E-state index is 4.59. The largest absolute Gasteiger partial charge is 0.265 e. The van der Waals surface area contributed by atoms with Crippen molar-refractivity contribution < 1.29 is 0 Å². The summed E-state index contributed by atoms with van der Waals surface area (Å²) in [7, 11) is 0. The molecule has 0 saturated heterocycles. The van der Waals surface area contributed by atoms with E-state index in [1.54, 1.807) is 0 Å². The Labute approximate surface area is 115 Å². The van der Waals surface area contributed by atoms with Gasteiger partial charge in [0.1, 0.15) is 0 Å². The second kappa shape index (κ2) is 8.04. The van der Waals surface area contributed by atoms with Crippen LogP contribution in [0.15, 0.2) is 29.4 Å². The summed E-state index contributed by atoms with van der Waals surface area (Å²) in [6, 6.07) is 4.18. The standard InChI is InChI=1S/C14H23NS2/c1-3-7-14(11-16,8-4-2)12-17-13-5-9-15-10-6-13/h5-6,9-10,16H,3-4,7-8,11-12H2,1-2H3. The van der Waals surface area contributed by atoms with E-state index < -0.39 is 0 Å². The molecule has 0 atom stereocenters.